The Labute approximate surface area is 203 Å². The van der Waals surface area contributed by atoms with Gasteiger partial charge in [-0.3, -0.25) is 4.90 Å². The number of rotatable bonds is 7. The fourth-order valence-corrected chi connectivity index (χ4v) is 5.09. The number of carbonyl (C=O) groups is 1. The van der Waals surface area contributed by atoms with Gasteiger partial charge in [0.15, 0.2) is 6.04 Å². The van der Waals surface area contributed by atoms with E-state index in [1.807, 2.05) is 12.1 Å². The standard InChI is InChI=1S/C24H24F4N4O2S/c25-19-4-1-17(2-5-19)18-3-6-20(30-15-18)31-11-7-16(8-12-31)9-13-32(23(33)34)21(24(26,27)28)22-29-10-14-35-22/h1-6,10,14-16,21H,7-9,11-13H2,(H,33,34). The predicted molar refractivity (Wildman–Crippen MR) is 125 cm³/mol. The normalized spacial score (nSPS) is 15.7. The first kappa shape index (κ1) is 24.9. The number of alkyl halides is 3. The van der Waals surface area contributed by atoms with Crippen molar-refractivity contribution in [3.63, 3.8) is 0 Å². The molecule has 6 nitrogen and oxygen atoms in total. The predicted octanol–water partition coefficient (Wildman–Crippen LogP) is 6.23. The molecular formula is C24H24F4N4O2S. The average molecular weight is 509 g/mol. The molecule has 0 radical (unpaired) electrons. The van der Waals surface area contributed by atoms with E-state index in [2.05, 4.69) is 14.9 Å². The van der Waals surface area contributed by atoms with Gasteiger partial charge < -0.3 is 10.0 Å². The van der Waals surface area contributed by atoms with Crippen molar-refractivity contribution >= 4 is 23.2 Å². The van der Waals surface area contributed by atoms with E-state index in [1.165, 1.54) is 23.7 Å². The molecule has 1 N–H and O–H groups in total. The van der Waals surface area contributed by atoms with Gasteiger partial charge in [0.1, 0.15) is 16.6 Å². The van der Waals surface area contributed by atoms with Crippen LogP contribution in [0.3, 0.4) is 0 Å². The van der Waals surface area contributed by atoms with Crippen molar-refractivity contribution in [1.82, 2.24) is 14.9 Å². The van der Waals surface area contributed by atoms with Crippen LogP contribution in [0.15, 0.2) is 54.2 Å². The number of piperidine rings is 1. The summed E-state index contributed by atoms with van der Waals surface area (Å²) >= 11 is 0.797. The molecule has 3 heterocycles. The second kappa shape index (κ2) is 10.6. The van der Waals surface area contributed by atoms with Gasteiger partial charge in [0, 0.05) is 43.0 Å². The molecule has 0 bridgehead atoms. The molecule has 0 aliphatic carbocycles. The van der Waals surface area contributed by atoms with Gasteiger partial charge in [0.25, 0.3) is 0 Å². The SMILES string of the molecule is O=C(O)N(CCC1CCN(c2ccc(-c3ccc(F)cc3)cn2)CC1)C(c1nccs1)C(F)(F)F. The molecule has 1 fully saturated rings. The fourth-order valence-electron chi connectivity index (χ4n) is 4.31. The topological polar surface area (TPSA) is 69.6 Å². The molecule has 1 amide bonds. The maximum Gasteiger partial charge on any atom is 0.415 e. The van der Waals surface area contributed by atoms with Crippen molar-refractivity contribution in [1.29, 1.82) is 0 Å². The van der Waals surface area contributed by atoms with Crippen LogP contribution < -0.4 is 4.90 Å². The number of halogens is 4. The Morgan fingerprint density at radius 3 is 2.34 bits per heavy atom. The number of benzene rings is 1. The van der Waals surface area contributed by atoms with Crippen molar-refractivity contribution in [2.24, 2.45) is 5.92 Å². The molecule has 1 atom stereocenters. The van der Waals surface area contributed by atoms with E-state index in [9.17, 15) is 27.5 Å². The van der Waals surface area contributed by atoms with Crippen LogP contribution in [-0.4, -0.2) is 51.9 Å². The van der Waals surface area contributed by atoms with Crippen molar-refractivity contribution in [2.45, 2.75) is 31.5 Å². The van der Waals surface area contributed by atoms with Gasteiger partial charge in [0.05, 0.1) is 0 Å². The number of anilines is 1. The summed E-state index contributed by atoms with van der Waals surface area (Å²) in [6.45, 7) is 1.14. The first-order chi connectivity index (χ1) is 16.7. The highest BCUT2D eigenvalue weighted by atomic mass is 32.1. The summed E-state index contributed by atoms with van der Waals surface area (Å²) in [5.74, 6) is 0.601. The van der Waals surface area contributed by atoms with E-state index < -0.39 is 18.3 Å². The third kappa shape index (κ3) is 6.08. The quantitative estimate of drug-likeness (QED) is 0.383. The first-order valence-corrected chi connectivity index (χ1v) is 12.0. The molecule has 11 heteroatoms. The lowest BCUT2D eigenvalue weighted by Gasteiger charge is -2.35. The zero-order valence-corrected chi connectivity index (χ0v) is 19.5. The number of carboxylic acid groups (broad SMARTS) is 1. The number of hydrogen-bond acceptors (Lipinski definition) is 5. The lowest BCUT2D eigenvalue weighted by molar-refractivity contribution is -0.181. The molecule has 1 saturated heterocycles. The summed E-state index contributed by atoms with van der Waals surface area (Å²) in [4.78, 5) is 22.5. The highest BCUT2D eigenvalue weighted by Gasteiger charge is 2.48. The third-order valence-electron chi connectivity index (χ3n) is 6.19. The second-order valence-electron chi connectivity index (χ2n) is 8.42. The molecule has 0 spiro atoms. The van der Waals surface area contributed by atoms with Gasteiger partial charge in [0.2, 0.25) is 0 Å². The van der Waals surface area contributed by atoms with Crippen LogP contribution in [0.2, 0.25) is 0 Å². The van der Waals surface area contributed by atoms with E-state index >= 15 is 0 Å². The summed E-state index contributed by atoms with van der Waals surface area (Å²) in [7, 11) is 0. The first-order valence-electron chi connectivity index (χ1n) is 11.1. The molecule has 2 aromatic heterocycles. The number of amides is 1. The molecule has 1 aliphatic heterocycles. The summed E-state index contributed by atoms with van der Waals surface area (Å²) in [5.41, 5.74) is 1.74. The van der Waals surface area contributed by atoms with Gasteiger partial charge in [-0.05, 0) is 55.0 Å². The van der Waals surface area contributed by atoms with Crippen LogP contribution in [0.5, 0.6) is 0 Å². The summed E-state index contributed by atoms with van der Waals surface area (Å²) < 4.78 is 54.2. The Balaban J connectivity index is 1.33. The maximum atomic E-state index is 13.7. The zero-order chi connectivity index (χ0) is 25.0. The monoisotopic (exact) mass is 508 g/mol. The van der Waals surface area contributed by atoms with Crippen LogP contribution in [-0.2, 0) is 0 Å². The number of thiazole rings is 1. The Bertz CT molecular complexity index is 1100. The lowest BCUT2D eigenvalue weighted by Crippen LogP contribution is -2.43. The zero-order valence-electron chi connectivity index (χ0n) is 18.7. The number of aromatic nitrogens is 2. The molecule has 0 saturated carbocycles. The van der Waals surface area contributed by atoms with Crippen molar-refractivity contribution in [2.75, 3.05) is 24.5 Å². The van der Waals surface area contributed by atoms with Crippen LogP contribution in [0, 0.1) is 11.7 Å². The number of hydrogen-bond donors (Lipinski definition) is 1. The van der Waals surface area contributed by atoms with E-state index in [4.69, 9.17) is 0 Å². The van der Waals surface area contributed by atoms with Gasteiger partial charge in [-0.2, -0.15) is 13.2 Å². The van der Waals surface area contributed by atoms with Gasteiger partial charge >= 0.3 is 12.3 Å². The Morgan fingerprint density at radius 2 is 1.80 bits per heavy atom. The van der Waals surface area contributed by atoms with Crippen molar-refractivity contribution in [3.8, 4) is 11.1 Å². The van der Waals surface area contributed by atoms with E-state index in [0.29, 0.717) is 24.4 Å². The maximum absolute atomic E-state index is 13.7. The number of pyridine rings is 1. The lowest BCUT2D eigenvalue weighted by atomic mass is 9.93. The molecule has 1 aliphatic rings. The fraction of sp³-hybridized carbons (Fsp3) is 0.375. The molecule has 35 heavy (non-hydrogen) atoms. The largest absolute Gasteiger partial charge is 0.465 e. The Morgan fingerprint density at radius 1 is 1.11 bits per heavy atom. The molecular weight excluding hydrogens is 484 g/mol. The number of nitrogens with zero attached hydrogens (tertiary/aromatic N) is 4. The van der Waals surface area contributed by atoms with Crippen LogP contribution in [0.1, 0.15) is 30.3 Å². The van der Waals surface area contributed by atoms with Gasteiger partial charge in [-0.15, -0.1) is 11.3 Å². The molecule has 1 aromatic carbocycles. The smallest absolute Gasteiger partial charge is 0.415 e. The van der Waals surface area contributed by atoms with E-state index in [-0.39, 0.29) is 23.3 Å². The van der Waals surface area contributed by atoms with Gasteiger partial charge in [-0.25, -0.2) is 19.2 Å². The van der Waals surface area contributed by atoms with Crippen molar-refractivity contribution < 1.29 is 27.5 Å². The summed E-state index contributed by atoms with van der Waals surface area (Å²) in [5, 5.41) is 10.6. The molecule has 4 rings (SSSR count). The second-order valence-corrected chi connectivity index (χ2v) is 9.35. The Hall–Kier alpha value is -3.21. The Kier molecular flexibility index (Phi) is 7.54. The molecule has 186 valence electrons. The van der Waals surface area contributed by atoms with E-state index in [0.717, 1.165) is 41.1 Å². The molecule has 3 aromatic rings. The summed E-state index contributed by atoms with van der Waals surface area (Å²) in [6, 6.07) is 7.73. The van der Waals surface area contributed by atoms with Crippen LogP contribution in [0.25, 0.3) is 11.1 Å². The van der Waals surface area contributed by atoms with Crippen LogP contribution in [0.4, 0.5) is 28.2 Å². The van der Waals surface area contributed by atoms with Crippen LogP contribution >= 0.6 is 11.3 Å². The highest BCUT2D eigenvalue weighted by Crippen LogP contribution is 2.39. The minimum absolute atomic E-state index is 0.108. The molecule has 1 unspecified atom stereocenters. The third-order valence-corrected chi connectivity index (χ3v) is 7.02. The highest BCUT2D eigenvalue weighted by molar-refractivity contribution is 7.09. The van der Waals surface area contributed by atoms with E-state index in [1.54, 1.807) is 18.3 Å². The minimum Gasteiger partial charge on any atom is -0.465 e. The van der Waals surface area contributed by atoms with Crippen molar-refractivity contribution in [3.05, 3.63) is 65.0 Å². The minimum atomic E-state index is -4.74. The summed E-state index contributed by atoms with van der Waals surface area (Å²) in [6.07, 6.45) is -1.58. The van der Waals surface area contributed by atoms with Gasteiger partial charge in [-0.1, -0.05) is 12.1 Å². The average Bonchev–Trinajstić information content (AvgIpc) is 3.36.